The molecule has 0 spiro atoms. The molecular weight excluding hydrogens is 168 g/mol. The maximum Gasteiger partial charge on any atom is -0.0276 e. The lowest BCUT2D eigenvalue weighted by atomic mass is 9.99. The summed E-state index contributed by atoms with van der Waals surface area (Å²) in [7, 11) is 0. The largest absolute Gasteiger partial charge is 0.0651 e. The summed E-state index contributed by atoms with van der Waals surface area (Å²) in [4.78, 5) is 0. The zero-order valence-electron chi connectivity index (χ0n) is 9.13. The van der Waals surface area contributed by atoms with E-state index >= 15 is 0 Å². The van der Waals surface area contributed by atoms with E-state index in [0.717, 1.165) is 6.42 Å². The lowest BCUT2D eigenvalue weighted by Gasteiger charge is -2.06. The summed E-state index contributed by atoms with van der Waals surface area (Å²) in [6.45, 7) is 6.15. The molecule has 0 N–H and O–H groups in total. The molecule has 0 atom stereocenters. The van der Waals surface area contributed by atoms with Gasteiger partial charge in [0, 0.05) is 0 Å². The Morgan fingerprint density at radius 1 is 1.21 bits per heavy atom. The molecule has 0 aliphatic heterocycles. The monoisotopic (exact) mass is 188 g/mol. The Morgan fingerprint density at radius 2 is 1.93 bits per heavy atom. The van der Waals surface area contributed by atoms with Crippen molar-refractivity contribution >= 4 is 0 Å². The molecule has 76 valence electrons. The van der Waals surface area contributed by atoms with Crippen LogP contribution in [0.15, 0.2) is 24.3 Å². The van der Waals surface area contributed by atoms with Crippen LogP contribution in [0.3, 0.4) is 0 Å². The Bertz CT molecular complexity index is 250. The van der Waals surface area contributed by atoms with Crippen molar-refractivity contribution in [3.05, 3.63) is 48.7 Å². The van der Waals surface area contributed by atoms with Crippen LogP contribution in [0, 0.1) is 13.3 Å². The van der Waals surface area contributed by atoms with Gasteiger partial charge in [0.05, 0.1) is 0 Å². The van der Waals surface area contributed by atoms with E-state index in [1.165, 1.54) is 36.8 Å². The van der Waals surface area contributed by atoms with Crippen molar-refractivity contribution in [1.29, 1.82) is 0 Å². The summed E-state index contributed by atoms with van der Waals surface area (Å²) < 4.78 is 0. The summed E-state index contributed by atoms with van der Waals surface area (Å²) in [5.41, 5.74) is 2.89. The van der Waals surface area contributed by atoms with Crippen molar-refractivity contribution in [3.8, 4) is 0 Å². The van der Waals surface area contributed by atoms with Gasteiger partial charge >= 0.3 is 0 Å². The highest BCUT2D eigenvalue weighted by atomic mass is 14.0. The molecule has 0 bridgehead atoms. The molecule has 14 heavy (non-hydrogen) atoms. The lowest BCUT2D eigenvalue weighted by molar-refractivity contribution is 0.776. The van der Waals surface area contributed by atoms with E-state index in [1.54, 1.807) is 0 Å². The lowest BCUT2D eigenvalue weighted by Crippen LogP contribution is -1.92. The predicted octanol–water partition coefficient (Wildman–Crippen LogP) is 4.00. The molecule has 0 aliphatic rings. The van der Waals surface area contributed by atoms with Crippen molar-refractivity contribution in [3.63, 3.8) is 0 Å². The molecule has 0 unspecified atom stereocenters. The number of hydrogen-bond donors (Lipinski definition) is 0. The first-order chi connectivity index (χ1) is 6.88. The minimum Gasteiger partial charge on any atom is -0.0651 e. The quantitative estimate of drug-likeness (QED) is 0.592. The first-order valence-electron chi connectivity index (χ1n) is 5.56. The molecule has 1 aromatic rings. The Morgan fingerprint density at radius 3 is 2.57 bits per heavy atom. The molecule has 0 fully saturated rings. The van der Waals surface area contributed by atoms with E-state index < -0.39 is 0 Å². The molecule has 0 saturated carbocycles. The highest BCUT2D eigenvalue weighted by Gasteiger charge is 1.98. The second-order valence-corrected chi connectivity index (χ2v) is 3.61. The van der Waals surface area contributed by atoms with Gasteiger partial charge < -0.3 is 0 Å². The summed E-state index contributed by atoms with van der Waals surface area (Å²) >= 11 is 0. The van der Waals surface area contributed by atoms with Gasteiger partial charge in [0.15, 0.2) is 0 Å². The summed E-state index contributed by atoms with van der Waals surface area (Å²) in [5.74, 6) is 0. The fourth-order valence-corrected chi connectivity index (χ4v) is 1.69. The third-order valence-corrected chi connectivity index (χ3v) is 2.53. The van der Waals surface area contributed by atoms with E-state index in [1.807, 2.05) is 0 Å². The second kappa shape index (κ2) is 6.64. The average molecular weight is 188 g/mol. The highest BCUT2D eigenvalue weighted by molar-refractivity contribution is 5.27. The zero-order valence-corrected chi connectivity index (χ0v) is 9.13. The van der Waals surface area contributed by atoms with Crippen LogP contribution in [0.2, 0.25) is 0 Å². The minimum atomic E-state index is 0.910. The van der Waals surface area contributed by atoms with E-state index in [9.17, 15) is 0 Å². The van der Waals surface area contributed by atoms with Crippen molar-refractivity contribution in [2.45, 2.75) is 39.0 Å². The number of rotatable bonds is 6. The maximum atomic E-state index is 3.95. The van der Waals surface area contributed by atoms with Gasteiger partial charge in [-0.1, -0.05) is 37.6 Å². The van der Waals surface area contributed by atoms with Crippen LogP contribution in [0.5, 0.6) is 0 Å². The molecule has 0 amide bonds. The average Bonchev–Trinajstić information content (AvgIpc) is 2.25. The van der Waals surface area contributed by atoms with Crippen molar-refractivity contribution < 1.29 is 0 Å². The Labute approximate surface area is 88.4 Å². The van der Waals surface area contributed by atoms with Crippen molar-refractivity contribution in [2.24, 2.45) is 0 Å². The van der Waals surface area contributed by atoms with Gasteiger partial charge in [-0.15, -0.1) is 0 Å². The van der Waals surface area contributed by atoms with E-state index in [4.69, 9.17) is 0 Å². The third kappa shape index (κ3) is 3.53. The Balaban J connectivity index is 2.41. The van der Waals surface area contributed by atoms with Crippen LogP contribution in [-0.4, -0.2) is 0 Å². The third-order valence-electron chi connectivity index (χ3n) is 2.53. The Hall–Kier alpha value is -0.780. The number of hydrogen-bond acceptors (Lipinski definition) is 0. The molecule has 0 aliphatic carbocycles. The van der Waals surface area contributed by atoms with Gasteiger partial charge in [-0.2, -0.15) is 0 Å². The molecular formula is C14H20. The molecule has 0 heteroatoms. The predicted molar refractivity (Wildman–Crippen MR) is 63.0 cm³/mol. The summed E-state index contributed by atoms with van der Waals surface area (Å²) in [6.07, 6.45) is 8.16. The smallest absolute Gasteiger partial charge is 0.0276 e. The molecule has 2 radical (unpaired) electrons. The fourth-order valence-electron chi connectivity index (χ4n) is 1.69. The van der Waals surface area contributed by atoms with Gasteiger partial charge in [-0.25, -0.2) is 0 Å². The van der Waals surface area contributed by atoms with Crippen LogP contribution in [-0.2, 0) is 12.8 Å². The van der Waals surface area contributed by atoms with E-state index in [-0.39, 0.29) is 0 Å². The SMILES string of the molecule is [CH2]Cc1ccccc1CCC[CH]CC. The van der Waals surface area contributed by atoms with Crippen LogP contribution >= 0.6 is 0 Å². The maximum absolute atomic E-state index is 3.95. The fraction of sp³-hybridized carbons (Fsp3) is 0.429. The van der Waals surface area contributed by atoms with Gasteiger partial charge in [0.1, 0.15) is 0 Å². The van der Waals surface area contributed by atoms with Crippen molar-refractivity contribution in [2.75, 3.05) is 0 Å². The summed E-state index contributed by atoms with van der Waals surface area (Å²) in [5, 5.41) is 0. The molecule has 0 nitrogen and oxygen atoms in total. The van der Waals surface area contributed by atoms with Gasteiger partial charge in [0.2, 0.25) is 0 Å². The molecule has 1 rings (SSSR count). The molecule has 1 aromatic carbocycles. The highest BCUT2D eigenvalue weighted by Crippen LogP contribution is 2.13. The van der Waals surface area contributed by atoms with Crippen LogP contribution in [0.25, 0.3) is 0 Å². The van der Waals surface area contributed by atoms with E-state index in [2.05, 4.69) is 44.5 Å². The van der Waals surface area contributed by atoms with Crippen LogP contribution < -0.4 is 0 Å². The van der Waals surface area contributed by atoms with E-state index in [0.29, 0.717) is 0 Å². The first-order valence-corrected chi connectivity index (χ1v) is 5.56. The number of unbranched alkanes of at least 4 members (excludes halogenated alkanes) is 3. The second-order valence-electron chi connectivity index (χ2n) is 3.61. The Kier molecular flexibility index (Phi) is 5.36. The number of benzene rings is 1. The van der Waals surface area contributed by atoms with Crippen LogP contribution in [0.4, 0.5) is 0 Å². The number of aryl methyl sites for hydroxylation is 1. The van der Waals surface area contributed by atoms with Crippen LogP contribution in [0.1, 0.15) is 37.3 Å². The zero-order chi connectivity index (χ0) is 10.2. The van der Waals surface area contributed by atoms with Gasteiger partial charge in [-0.3, -0.25) is 0 Å². The molecule has 0 aromatic heterocycles. The van der Waals surface area contributed by atoms with Gasteiger partial charge in [0.25, 0.3) is 0 Å². The van der Waals surface area contributed by atoms with Crippen molar-refractivity contribution in [1.82, 2.24) is 0 Å². The normalized spacial score (nSPS) is 10.4. The molecule has 0 heterocycles. The van der Waals surface area contributed by atoms with Gasteiger partial charge in [-0.05, 0) is 50.2 Å². The summed E-state index contributed by atoms with van der Waals surface area (Å²) in [6, 6.07) is 8.64. The molecule has 0 saturated heterocycles. The first kappa shape index (κ1) is 11.3. The topological polar surface area (TPSA) is 0 Å². The standard InChI is InChI=1S/C14H20/c1-3-5-6-7-11-14-12-9-8-10-13(14)4-2/h5,8-10,12H,2-4,6-7,11H2,1H3. The minimum absolute atomic E-state index is 0.910.